The monoisotopic (exact) mass is 493 g/mol. The zero-order valence-corrected chi connectivity index (χ0v) is 20.8. The quantitative estimate of drug-likeness (QED) is 0.575. The largest absolute Gasteiger partial charge is 0.337 e. The molecular weight excluding hydrogens is 462 g/mol. The Morgan fingerprint density at radius 3 is 2.24 bits per heavy atom. The summed E-state index contributed by atoms with van der Waals surface area (Å²) in [6.07, 6.45) is 4.63. The van der Waals surface area contributed by atoms with Crippen LogP contribution in [0.1, 0.15) is 30.0 Å². The lowest BCUT2D eigenvalue weighted by Gasteiger charge is -2.32. The van der Waals surface area contributed by atoms with Gasteiger partial charge in [0.2, 0.25) is 15.9 Å². The number of hydrogen-bond donors (Lipinski definition) is 1. The topological polar surface area (TPSA) is 104 Å². The molecule has 0 bridgehead atoms. The van der Waals surface area contributed by atoms with Gasteiger partial charge >= 0.3 is 0 Å². The van der Waals surface area contributed by atoms with E-state index in [1.54, 1.807) is 42.3 Å². The average Bonchev–Trinajstić information content (AvgIpc) is 3.23. The summed E-state index contributed by atoms with van der Waals surface area (Å²) in [6.45, 7) is 2.58. The molecule has 2 aromatic carbocycles. The van der Waals surface area contributed by atoms with E-state index in [1.807, 2.05) is 6.07 Å². The number of carbonyl (C=O) groups excluding carboxylic acids is 1. The highest BCUT2D eigenvalue weighted by molar-refractivity contribution is 7.92. The fourth-order valence-corrected chi connectivity index (χ4v) is 5.20. The third-order valence-electron chi connectivity index (χ3n) is 5.77. The molecule has 2 aromatic rings. The first-order valence-corrected chi connectivity index (χ1v) is 14.6. The molecule has 8 nitrogen and oxygen atoms in total. The van der Waals surface area contributed by atoms with E-state index < -0.39 is 19.9 Å². The first-order chi connectivity index (χ1) is 15.4. The molecule has 0 radical (unpaired) electrons. The van der Waals surface area contributed by atoms with E-state index in [0.29, 0.717) is 12.2 Å². The Morgan fingerprint density at radius 2 is 1.67 bits per heavy atom. The molecule has 10 heteroatoms. The van der Waals surface area contributed by atoms with Crippen LogP contribution in [0.4, 0.5) is 5.69 Å². The molecule has 33 heavy (non-hydrogen) atoms. The molecule has 0 saturated carbocycles. The minimum Gasteiger partial charge on any atom is -0.337 e. The van der Waals surface area contributed by atoms with Crippen molar-refractivity contribution in [2.45, 2.75) is 30.2 Å². The molecule has 3 rings (SSSR count). The standard InChI is InChI=1S/C23H31N3O5S2/c1-25(23(27)15-18-9-11-21(12-10-18)32(2,28)29)22(17-26-13-4-5-14-26)19-7-6-8-20(16-19)24-33(3,30)31/h6-12,16,22,24H,4-5,13-15,17H2,1-3H3. The molecule has 1 unspecified atom stereocenters. The lowest BCUT2D eigenvalue weighted by molar-refractivity contribution is -0.131. The second-order valence-electron chi connectivity index (χ2n) is 8.62. The van der Waals surface area contributed by atoms with Crippen molar-refractivity contribution >= 4 is 31.5 Å². The smallest absolute Gasteiger partial charge is 0.229 e. The number of likely N-dealkylation sites (tertiary alicyclic amines) is 1. The average molecular weight is 494 g/mol. The second-order valence-corrected chi connectivity index (χ2v) is 12.4. The Hall–Kier alpha value is -2.43. The van der Waals surface area contributed by atoms with Crippen molar-refractivity contribution in [1.82, 2.24) is 9.80 Å². The number of sulfonamides is 1. The van der Waals surface area contributed by atoms with Gasteiger partial charge in [-0.25, -0.2) is 16.8 Å². The van der Waals surface area contributed by atoms with Crippen molar-refractivity contribution < 1.29 is 21.6 Å². The van der Waals surface area contributed by atoms with Crippen molar-refractivity contribution in [3.63, 3.8) is 0 Å². The second kappa shape index (κ2) is 10.2. The Morgan fingerprint density at radius 1 is 1.03 bits per heavy atom. The third kappa shape index (κ3) is 7.28. The van der Waals surface area contributed by atoms with E-state index in [-0.39, 0.29) is 23.3 Å². The fourth-order valence-electron chi connectivity index (χ4n) is 4.01. The predicted octanol–water partition coefficient (Wildman–Crippen LogP) is 2.30. The summed E-state index contributed by atoms with van der Waals surface area (Å²) in [5, 5.41) is 0. The molecule has 1 fully saturated rings. The molecule has 0 spiro atoms. The van der Waals surface area contributed by atoms with E-state index in [0.717, 1.165) is 49.6 Å². The zero-order valence-electron chi connectivity index (χ0n) is 19.2. The van der Waals surface area contributed by atoms with Gasteiger partial charge < -0.3 is 9.80 Å². The van der Waals surface area contributed by atoms with Crippen molar-refractivity contribution in [2.24, 2.45) is 0 Å². The van der Waals surface area contributed by atoms with Gasteiger partial charge in [-0.2, -0.15) is 0 Å². The number of likely N-dealkylation sites (N-methyl/N-ethyl adjacent to an activating group) is 1. The van der Waals surface area contributed by atoms with Gasteiger partial charge in [0.25, 0.3) is 0 Å². The first-order valence-electron chi connectivity index (χ1n) is 10.8. The van der Waals surface area contributed by atoms with Crippen LogP contribution in [0.3, 0.4) is 0 Å². The van der Waals surface area contributed by atoms with Crippen LogP contribution in [-0.4, -0.2) is 71.7 Å². The molecule has 0 aliphatic carbocycles. The number of nitrogens with zero attached hydrogens (tertiary/aromatic N) is 2. The molecule has 1 aliphatic rings. The van der Waals surface area contributed by atoms with Crippen LogP contribution in [0.25, 0.3) is 0 Å². The number of hydrogen-bond acceptors (Lipinski definition) is 6. The summed E-state index contributed by atoms with van der Waals surface area (Å²) in [5.74, 6) is -0.104. The van der Waals surface area contributed by atoms with Gasteiger partial charge in [-0.1, -0.05) is 24.3 Å². The fraction of sp³-hybridized carbons (Fsp3) is 0.435. The Labute approximate surface area is 196 Å². The maximum atomic E-state index is 13.2. The number of sulfone groups is 1. The third-order valence-corrected chi connectivity index (χ3v) is 7.51. The summed E-state index contributed by atoms with van der Waals surface area (Å²) >= 11 is 0. The number of carbonyl (C=O) groups is 1. The SMILES string of the molecule is CN(C(=O)Cc1ccc(S(C)(=O)=O)cc1)C(CN1CCCC1)c1cccc(NS(C)(=O)=O)c1. The van der Waals surface area contributed by atoms with Crippen LogP contribution in [-0.2, 0) is 31.1 Å². The summed E-state index contributed by atoms with van der Waals surface area (Å²) < 4.78 is 49.2. The van der Waals surface area contributed by atoms with Crippen LogP contribution in [0.5, 0.6) is 0 Å². The van der Waals surface area contributed by atoms with Gasteiger partial charge in [-0.15, -0.1) is 0 Å². The first kappa shape index (κ1) is 25.2. The van der Waals surface area contributed by atoms with Crippen molar-refractivity contribution in [1.29, 1.82) is 0 Å². The zero-order chi connectivity index (χ0) is 24.2. The lowest BCUT2D eigenvalue weighted by Crippen LogP contribution is -2.39. The highest BCUT2D eigenvalue weighted by Crippen LogP contribution is 2.26. The highest BCUT2D eigenvalue weighted by atomic mass is 32.2. The molecule has 1 aliphatic heterocycles. The number of rotatable bonds is 9. The Kier molecular flexibility index (Phi) is 7.81. The van der Waals surface area contributed by atoms with E-state index in [9.17, 15) is 21.6 Å². The van der Waals surface area contributed by atoms with E-state index >= 15 is 0 Å². The van der Waals surface area contributed by atoms with Crippen LogP contribution in [0.2, 0.25) is 0 Å². The number of amides is 1. The van der Waals surface area contributed by atoms with Crippen LogP contribution in [0, 0.1) is 0 Å². The Balaban J connectivity index is 1.82. The summed E-state index contributed by atoms with van der Waals surface area (Å²) in [7, 11) is -4.96. The molecule has 1 N–H and O–H groups in total. The normalized spacial score (nSPS) is 15.8. The van der Waals surface area contributed by atoms with E-state index in [1.165, 1.54) is 12.1 Å². The van der Waals surface area contributed by atoms with Crippen LogP contribution in [0.15, 0.2) is 53.4 Å². The van der Waals surface area contributed by atoms with Crippen molar-refractivity contribution in [3.8, 4) is 0 Å². The van der Waals surface area contributed by atoms with Crippen molar-refractivity contribution in [3.05, 3.63) is 59.7 Å². The molecule has 1 heterocycles. The molecule has 0 aromatic heterocycles. The van der Waals surface area contributed by atoms with Gasteiger partial charge in [-0.3, -0.25) is 9.52 Å². The van der Waals surface area contributed by atoms with Gasteiger partial charge in [0.1, 0.15) is 0 Å². The van der Waals surface area contributed by atoms with Gasteiger partial charge in [0, 0.05) is 25.5 Å². The Bertz CT molecular complexity index is 1190. The predicted molar refractivity (Wildman–Crippen MR) is 129 cm³/mol. The van der Waals surface area contributed by atoms with E-state index in [4.69, 9.17) is 0 Å². The minimum absolute atomic E-state index is 0.104. The maximum absolute atomic E-state index is 13.2. The minimum atomic E-state index is -3.42. The molecular formula is C23H31N3O5S2. The summed E-state index contributed by atoms with van der Waals surface area (Å²) in [5.41, 5.74) is 2.03. The lowest BCUT2D eigenvalue weighted by atomic mass is 10.0. The molecule has 1 saturated heterocycles. The van der Waals surface area contributed by atoms with Gasteiger partial charge in [0.15, 0.2) is 9.84 Å². The molecule has 1 amide bonds. The summed E-state index contributed by atoms with van der Waals surface area (Å²) in [4.78, 5) is 17.4. The van der Waals surface area contributed by atoms with Crippen LogP contribution >= 0.6 is 0 Å². The molecule has 180 valence electrons. The maximum Gasteiger partial charge on any atom is 0.229 e. The number of nitrogens with one attached hydrogen (secondary N) is 1. The van der Waals surface area contributed by atoms with Crippen LogP contribution < -0.4 is 4.72 Å². The van der Waals surface area contributed by atoms with Gasteiger partial charge in [-0.05, 0) is 61.3 Å². The van der Waals surface area contributed by atoms with Gasteiger partial charge in [0.05, 0.1) is 23.6 Å². The summed E-state index contributed by atoms with van der Waals surface area (Å²) in [6, 6.07) is 13.2. The molecule has 1 atom stereocenters. The van der Waals surface area contributed by atoms with Crippen molar-refractivity contribution in [2.75, 3.05) is 43.9 Å². The van der Waals surface area contributed by atoms with E-state index in [2.05, 4.69) is 9.62 Å². The number of anilines is 1. The number of benzene rings is 2. The highest BCUT2D eigenvalue weighted by Gasteiger charge is 2.26.